The van der Waals surface area contributed by atoms with E-state index in [0.29, 0.717) is 22.3 Å². The molecule has 70 heavy (non-hydrogen) atoms. The number of carbonyl (C=O) groups excluding carboxylic acids is 4. The van der Waals surface area contributed by atoms with Crippen molar-refractivity contribution in [3.05, 3.63) is 160 Å². The molecule has 1 aliphatic carbocycles. The molecule has 2 saturated heterocycles. The first-order chi connectivity index (χ1) is 33.6. The first-order valence-electron chi connectivity index (χ1n) is 23.1. The van der Waals surface area contributed by atoms with Gasteiger partial charge in [-0.3, -0.25) is 14.4 Å². The summed E-state index contributed by atoms with van der Waals surface area (Å²) in [5.41, 5.74) is 2.82. The van der Waals surface area contributed by atoms with E-state index in [4.69, 9.17) is 28.4 Å². The SMILES string of the molecule is CC(C)(C)OC(=O)CC[C@@H](CO)NC(=O)c1cccc(CNC(=O)C2=C[C@H]3OC(c4ccccc4)(c4ccccc4)O[C@H]3[C@H](OC(=O)c3ccc(C=CCO[C@H]4O[C@H](CO)[C@H](O)[C@H](O)[C@H]4O)cc3)C2)c1. The normalized spacial score (nSPS) is 24.5. The highest BCUT2D eigenvalue weighted by Gasteiger charge is 2.55. The number of aliphatic hydroxyl groups is 5. The lowest BCUT2D eigenvalue weighted by molar-refractivity contribution is -0.298. The van der Waals surface area contributed by atoms with Crippen molar-refractivity contribution in [3.8, 4) is 0 Å². The zero-order chi connectivity index (χ0) is 50.0. The van der Waals surface area contributed by atoms with E-state index in [1.807, 2.05) is 60.7 Å². The third-order valence-electron chi connectivity index (χ3n) is 11.9. The number of rotatable bonds is 18. The molecule has 4 aromatic carbocycles. The Hall–Kier alpha value is -6.12. The number of hydrogen-bond donors (Lipinski definition) is 7. The van der Waals surface area contributed by atoms with Gasteiger partial charge in [-0.15, -0.1) is 0 Å². The van der Waals surface area contributed by atoms with Crippen LogP contribution >= 0.6 is 0 Å². The second-order valence-electron chi connectivity index (χ2n) is 18.3. The molecule has 2 amide bonds. The first kappa shape index (κ1) is 51.7. The third kappa shape index (κ3) is 12.8. The van der Waals surface area contributed by atoms with Gasteiger partial charge in [0.15, 0.2) is 6.29 Å². The lowest BCUT2D eigenvalue weighted by Gasteiger charge is -2.39. The van der Waals surface area contributed by atoms with E-state index in [-0.39, 0.29) is 55.7 Å². The smallest absolute Gasteiger partial charge is 0.338 e. The van der Waals surface area contributed by atoms with Crippen molar-refractivity contribution < 1.29 is 73.1 Å². The molecule has 2 fully saturated rings. The molecule has 0 unspecified atom stereocenters. The van der Waals surface area contributed by atoms with Crippen LogP contribution in [-0.4, -0.2) is 130 Å². The molecule has 7 rings (SSSR count). The largest absolute Gasteiger partial charge is 0.460 e. The van der Waals surface area contributed by atoms with Crippen molar-refractivity contribution >= 4 is 29.8 Å². The molecule has 7 N–H and O–H groups in total. The topological polar surface area (TPSA) is 249 Å². The van der Waals surface area contributed by atoms with Crippen LogP contribution in [0.25, 0.3) is 6.08 Å². The van der Waals surface area contributed by atoms with Crippen LogP contribution in [0.1, 0.15) is 83.0 Å². The Morgan fingerprint density at radius 2 is 1.50 bits per heavy atom. The summed E-state index contributed by atoms with van der Waals surface area (Å²) in [6, 6.07) is 31.2. The number of aliphatic hydroxyl groups excluding tert-OH is 5. The summed E-state index contributed by atoms with van der Waals surface area (Å²) in [5, 5.41) is 55.4. The van der Waals surface area contributed by atoms with E-state index in [2.05, 4.69) is 10.6 Å². The summed E-state index contributed by atoms with van der Waals surface area (Å²) in [7, 11) is 0. The Labute approximate surface area is 405 Å². The molecular formula is C53H60N2O15. The summed E-state index contributed by atoms with van der Waals surface area (Å²) in [6.45, 7) is 4.30. The van der Waals surface area contributed by atoms with Crippen molar-refractivity contribution in [3.63, 3.8) is 0 Å². The van der Waals surface area contributed by atoms with Gasteiger partial charge in [0.1, 0.15) is 48.3 Å². The highest BCUT2D eigenvalue weighted by atomic mass is 16.8. The minimum Gasteiger partial charge on any atom is -0.460 e. The molecular weight excluding hydrogens is 905 g/mol. The molecule has 0 radical (unpaired) electrons. The van der Waals surface area contributed by atoms with Gasteiger partial charge in [0, 0.05) is 41.6 Å². The third-order valence-corrected chi connectivity index (χ3v) is 11.9. The molecule has 4 aromatic rings. The van der Waals surface area contributed by atoms with Crippen LogP contribution in [0.5, 0.6) is 0 Å². The molecule has 372 valence electrons. The number of esters is 2. The Balaban J connectivity index is 1.03. The minimum absolute atomic E-state index is 0.00778. The summed E-state index contributed by atoms with van der Waals surface area (Å²) in [5.74, 6) is -3.45. The Bertz CT molecular complexity index is 2430. The quantitative estimate of drug-likeness (QED) is 0.0705. The van der Waals surface area contributed by atoms with Gasteiger partial charge in [0.05, 0.1) is 31.4 Å². The van der Waals surface area contributed by atoms with Gasteiger partial charge in [-0.05, 0) is 68.7 Å². The standard InChI is InChI=1S/C53H60N2O15/c1-52(2,3)69-43(58)24-23-39(30-56)55-49(63)35-14-10-12-33(26-35)29-54-48(62)36-27-40(47-41(28-36)68-53(70-47,37-15-6-4-7-16-37)38-17-8-5-9-18-38)66-50(64)34-21-19-32(20-22-34)13-11-25-65-51-46(61)45(60)44(59)42(31-57)67-51/h4-22,26,28,39-42,44-47,51,56-57,59-61H,23-25,27,29-31H2,1-3H3,(H,54,62)(H,55,63)/t39-,40+,41+,42+,44-,45-,46+,47-,51-/m0/s1. The summed E-state index contributed by atoms with van der Waals surface area (Å²) in [4.78, 5) is 53.5. The van der Waals surface area contributed by atoms with Crippen LogP contribution in [0, 0.1) is 0 Å². The predicted octanol–water partition coefficient (Wildman–Crippen LogP) is 3.59. The van der Waals surface area contributed by atoms with Gasteiger partial charge >= 0.3 is 11.9 Å². The lowest BCUT2D eigenvalue weighted by Crippen LogP contribution is -2.59. The fourth-order valence-corrected chi connectivity index (χ4v) is 8.35. The van der Waals surface area contributed by atoms with Crippen LogP contribution in [0.4, 0.5) is 0 Å². The van der Waals surface area contributed by atoms with Crippen molar-refractivity contribution in [2.75, 3.05) is 19.8 Å². The fourth-order valence-electron chi connectivity index (χ4n) is 8.35. The molecule has 2 aliphatic heterocycles. The molecule has 3 aliphatic rings. The molecule has 0 aromatic heterocycles. The maximum atomic E-state index is 14.1. The zero-order valence-corrected chi connectivity index (χ0v) is 39.1. The van der Waals surface area contributed by atoms with Crippen LogP contribution < -0.4 is 10.6 Å². The Morgan fingerprint density at radius 3 is 2.14 bits per heavy atom. The van der Waals surface area contributed by atoms with Gasteiger partial charge in [-0.2, -0.15) is 0 Å². The highest BCUT2D eigenvalue weighted by Crippen LogP contribution is 2.47. The summed E-state index contributed by atoms with van der Waals surface area (Å²) in [6.07, 6.45) is -4.47. The average molecular weight is 965 g/mol. The molecule has 17 heteroatoms. The molecule has 2 heterocycles. The van der Waals surface area contributed by atoms with Crippen molar-refractivity contribution in [1.82, 2.24) is 10.6 Å². The maximum absolute atomic E-state index is 14.1. The van der Waals surface area contributed by atoms with Crippen molar-refractivity contribution in [2.24, 2.45) is 0 Å². The number of fused-ring (bicyclic) bond motifs is 1. The number of nitrogens with one attached hydrogen (secondary N) is 2. The van der Waals surface area contributed by atoms with E-state index >= 15 is 0 Å². The van der Waals surface area contributed by atoms with Crippen LogP contribution in [-0.2, 0) is 50.3 Å². The Morgan fingerprint density at radius 1 is 0.814 bits per heavy atom. The molecule has 0 spiro atoms. The average Bonchev–Trinajstić information content (AvgIpc) is 3.77. The number of ether oxygens (including phenoxy) is 6. The van der Waals surface area contributed by atoms with Crippen LogP contribution in [0.3, 0.4) is 0 Å². The predicted molar refractivity (Wildman–Crippen MR) is 252 cm³/mol. The first-order valence-corrected chi connectivity index (χ1v) is 23.1. The van der Waals surface area contributed by atoms with Crippen LogP contribution in [0.15, 0.2) is 127 Å². The second-order valence-corrected chi connectivity index (χ2v) is 18.3. The Kier molecular flexibility index (Phi) is 17.1. The number of benzene rings is 4. The maximum Gasteiger partial charge on any atom is 0.338 e. The zero-order valence-electron chi connectivity index (χ0n) is 39.1. The summed E-state index contributed by atoms with van der Waals surface area (Å²) >= 11 is 0. The molecule has 0 saturated carbocycles. The van der Waals surface area contributed by atoms with Gasteiger partial charge in [0.2, 0.25) is 11.7 Å². The lowest BCUT2D eigenvalue weighted by atomic mass is 9.91. The molecule has 0 bridgehead atoms. The van der Waals surface area contributed by atoms with Gasteiger partial charge in [0.25, 0.3) is 5.91 Å². The van der Waals surface area contributed by atoms with E-state index in [1.165, 1.54) is 0 Å². The van der Waals surface area contributed by atoms with Gasteiger partial charge in [-0.25, -0.2) is 4.79 Å². The summed E-state index contributed by atoms with van der Waals surface area (Å²) < 4.78 is 36.1. The molecule has 9 atom stereocenters. The van der Waals surface area contributed by atoms with Crippen molar-refractivity contribution in [2.45, 2.75) is 113 Å². The van der Waals surface area contributed by atoms with Gasteiger partial charge in [-0.1, -0.05) is 97.1 Å². The van der Waals surface area contributed by atoms with E-state index in [0.717, 1.165) is 0 Å². The second kappa shape index (κ2) is 23.2. The monoisotopic (exact) mass is 964 g/mol. The number of carbonyl (C=O) groups is 4. The minimum atomic E-state index is -1.56. The highest BCUT2D eigenvalue weighted by molar-refractivity contribution is 5.95. The van der Waals surface area contributed by atoms with E-state index < -0.39 is 96.8 Å². The van der Waals surface area contributed by atoms with Crippen LogP contribution in [0.2, 0.25) is 0 Å². The molecule has 17 nitrogen and oxygen atoms in total. The number of hydrogen-bond acceptors (Lipinski definition) is 15. The van der Waals surface area contributed by atoms with E-state index in [9.17, 15) is 44.7 Å². The van der Waals surface area contributed by atoms with Crippen molar-refractivity contribution in [1.29, 1.82) is 0 Å². The van der Waals surface area contributed by atoms with Gasteiger partial charge < -0.3 is 64.6 Å². The van der Waals surface area contributed by atoms with E-state index in [1.54, 1.807) is 87.5 Å². The fraction of sp³-hybridized carbons (Fsp3) is 0.396. The number of amides is 2.